The maximum Gasteiger partial charge on any atom is 0.255 e. The van der Waals surface area contributed by atoms with Crippen molar-refractivity contribution in [2.75, 3.05) is 12.8 Å². The van der Waals surface area contributed by atoms with E-state index in [0.29, 0.717) is 13.0 Å². The largest absolute Gasteiger partial charge is 0.399 e. The van der Waals surface area contributed by atoms with E-state index in [2.05, 4.69) is 0 Å². The van der Waals surface area contributed by atoms with Gasteiger partial charge >= 0.3 is 0 Å². The number of carbonyl (C=O) groups is 1. The number of carbonyl (C=O) groups excluding carboxylic acids is 1. The summed E-state index contributed by atoms with van der Waals surface area (Å²) < 4.78 is 5.43. The van der Waals surface area contributed by atoms with Gasteiger partial charge in [-0.05, 0) is 44.9 Å². The van der Waals surface area contributed by atoms with Gasteiger partial charge in [0, 0.05) is 25.4 Å². The topological polar surface area (TPSA) is 55.6 Å². The Balaban J connectivity index is 2.95. The predicted molar refractivity (Wildman–Crippen MR) is 82.2 cm³/mol. The van der Waals surface area contributed by atoms with E-state index in [-0.39, 0.29) is 11.9 Å². The van der Waals surface area contributed by atoms with Gasteiger partial charge in [-0.15, -0.1) is 0 Å². The van der Waals surface area contributed by atoms with Crippen LogP contribution in [0.15, 0.2) is 24.3 Å². The first kappa shape index (κ1) is 16.5. The van der Waals surface area contributed by atoms with Crippen LogP contribution < -0.4 is 5.73 Å². The number of anilines is 1. The minimum Gasteiger partial charge on any atom is -0.399 e. The van der Waals surface area contributed by atoms with Gasteiger partial charge in [-0.3, -0.25) is 4.79 Å². The number of nitrogen functional groups attached to an aromatic ring is 1. The first-order valence-corrected chi connectivity index (χ1v) is 7.04. The fourth-order valence-electron chi connectivity index (χ4n) is 2.00. The Kier molecular flexibility index (Phi) is 5.57. The second kappa shape index (κ2) is 6.75. The van der Waals surface area contributed by atoms with Crippen molar-refractivity contribution < 1.29 is 9.53 Å². The number of methoxy groups -OCH3 is 1. The molecule has 0 heterocycles. The third-order valence-corrected chi connectivity index (χ3v) is 3.79. The number of amides is 1. The molecule has 4 heteroatoms. The average molecular weight is 278 g/mol. The lowest BCUT2D eigenvalue weighted by Crippen LogP contribution is -2.50. The Hall–Kier alpha value is -1.55. The quantitative estimate of drug-likeness (QED) is 0.814. The lowest BCUT2D eigenvalue weighted by molar-refractivity contribution is -0.156. The third kappa shape index (κ3) is 3.73. The van der Waals surface area contributed by atoms with Gasteiger partial charge in [0.1, 0.15) is 5.60 Å². The monoisotopic (exact) mass is 278 g/mol. The zero-order valence-corrected chi connectivity index (χ0v) is 13.1. The van der Waals surface area contributed by atoms with Crippen LogP contribution in [0.4, 0.5) is 5.69 Å². The molecule has 1 unspecified atom stereocenters. The minimum atomic E-state index is -0.766. The number of hydrogen-bond donors (Lipinski definition) is 1. The van der Waals surface area contributed by atoms with Gasteiger partial charge < -0.3 is 15.4 Å². The van der Waals surface area contributed by atoms with Gasteiger partial charge in [-0.2, -0.15) is 0 Å². The third-order valence-electron chi connectivity index (χ3n) is 3.79. The van der Waals surface area contributed by atoms with Gasteiger partial charge in [-0.25, -0.2) is 0 Å². The van der Waals surface area contributed by atoms with Crippen molar-refractivity contribution in [3.8, 4) is 0 Å². The zero-order valence-electron chi connectivity index (χ0n) is 13.1. The standard InChI is InChI=1S/C16H26N2O2/c1-6-16(4,20-5)15(19)18(12(2)3)11-13-7-9-14(17)10-8-13/h7-10,12H,6,11,17H2,1-5H3. The molecule has 1 amide bonds. The van der Waals surface area contributed by atoms with Crippen molar-refractivity contribution in [1.82, 2.24) is 4.90 Å². The Morgan fingerprint density at radius 2 is 1.90 bits per heavy atom. The maximum absolute atomic E-state index is 12.7. The minimum absolute atomic E-state index is 0.0225. The summed E-state index contributed by atoms with van der Waals surface area (Å²) in [6.07, 6.45) is 0.646. The molecule has 0 radical (unpaired) electrons. The zero-order chi connectivity index (χ0) is 15.3. The van der Waals surface area contributed by atoms with Crippen LogP contribution in [0.5, 0.6) is 0 Å². The van der Waals surface area contributed by atoms with Crippen molar-refractivity contribution in [3.63, 3.8) is 0 Å². The van der Waals surface area contributed by atoms with Crippen LogP contribution in [0.2, 0.25) is 0 Å². The lowest BCUT2D eigenvalue weighted by Gasteiger charge is -2.35. The summed E-state index contributed by atoms with van der Waals surface area (Å²) in [5.74, 6) is 0.0225. The highest BCUT2D eigenvalue weighted by molar-refractivity contribution is 5.85. The maximum atomic E-state index is 12.7. The Labute approximate surface area is 121 Å². The van der Waals surface area contributed by atoms with Crippen LogP contribution in [0, 0.1) is 0 Å². The fourth-order valence-corrected chi connectivity index (χ4v) is 2.00. The molecule has 0 aliphatic rings. The molecule has 0 spiro atoms. The van der Waals surface area contributed by atoms with E-state index < -0.39 is 5.60 Å². The number of nitrogens with two attached hydrogens (primary N) is 1. The molecule has 2 N–H and O–H groups in total. The van der Waals surface area contributed by atoms with E-state index in [1.165, 1.54) is 0 Å². The molecule has 4 nitrogen and oxygen atoms in total. The molecule has 0 aliphatic carbocycles. The Morgan fingerprint density at radius 1 is 1.35 bits per heavy atom. The lowest BCUT2D eigenvalue weighted by atomic mass is 10.00. The molecule has 0 aliphatic heterocycles. The molecule has 0 fully saturated rings. The molecule has 0 bridgehead atoms. The highest BCUT2D eigenvalue weighted by Crippen LogP contribution is 2.21. The summed E-state index contributed by atoms with van der Waals surface area (Å²) in [7, 11) is 1.59. The number of hydrogen-bond acceptors (Lipinski definition) is 3. The highest BCUT2D eigenvalue weighted by Gasteiger charge is 2.36. The van der Waals surface area contributed by atoms with Crippen molar-refractivity contribution in [2.45, 2.75) is 52.3 Å². The first-order valence-electron chi connectivity index (χ1n) is 7.04. The van der Waals surface area contributed by atoms with Crippen LogP contribution in [0.1, 0.15) is 39.7 Å². The van der Waals surface area contributed by atoms with E-state index >= 15 is 0 Å². The summed E-state index contributed by atoms with van der Waals surface area (Å²) in [5, 5.41) is 0. The number of nitrogens with zero attached hydrogens (tertiary/aromatic N) is 1. The molecule has 0 saturated heterocycles. The van der Waals surface area contributed by atoms with Crippen LogP contribution in [0.25, 0.3) is 0 Å². The smallest absolute Gasteiger partial charge is 0.255 e. The van der Waals surface area contributed by atoms with Gasteiger partial charge in [0.2, 0.25) is 0 Å². The molecule has 112 valence electrons. The number of rotatable bonds is 6. The second-order valence-corrected chi connectivity index (χ2v) is 5.56. The molecule has 1 rings (SSSR count). The molecule has 1 aromatic carbocycles. The highest BCUT2D eigenvalue weighted by atomic mass is 16.5. The summed E-state index contributed by atoms with van der Waals surface area (Å²) in [4.78, 5) is 14.6. The molecular formula is C16H26N2O2. The van der Waals surface area contributed by atoms with Crippen molar-refractivity contribution >= 4 is 11.6 Å². The van der Waals surface area contributed by atoms with E-state index in [0.717, 1.165) is 11.3 Å². The number of ether oxygens (including phenoxy) is 1. The van der Waals surface area contributed by atoms with Crippen molar-refractivity contribution in [3.05, 3.63) is 29.8 Å². The van der Waals surface area contributed by atoms with Crippen molar-refractivity contribution in [2.24, 2.45) is 0 Å². The van der Waals surface area contributed by atoms with E-state index in [9.17, 15) is 4.79 Å². The molecule has 20 heavy (non-hydrogen) atoms. The van der Waals surface area contributed by atoms with Crippen molar-refractivity contribution in [1.29, 1.82) is 0 Å². The van der Waals surface area contributed by atoms with Gasteiger partial charge in [-0.1, -0.05) is 19.1 Å². The molecule has 1 atom stereocenters. The van der Waals surface area contributed by atoms with Gasteiger partial charge in [0.05, 0.1) is 0 Å². The molecule has 0 saturated carbocycles. The van der Waals surface area contributed by atoms with E-state index in [4.69, 9.17) is 10.5 Å². The summed E-state index contributed by atoms with van der Waals surface area (Å²) in [6, 6.07) is 7.73. The van der Waals surface area contributed by atoms with Gasteiger partial charge in [0.25, 0.3) is 5.91 Å². The van der Waals surface area contributed by atoms with Crippen LogP contribution in [-0.4, -0.2) is 29.6 Å². The summed E-state index contributed by atoms with van der Waals surface area (Å²) >= 11 is 0. The summed E-state index contributed by atoms with van der Waals surface area (Å²) in [5.41, 5.74) is 6.72. The number of benzene rings is 1. The van der Waals surface area contributed by atoms with Crippen LogP contribution in [-0.2, 0) is 16.1 Å². The fraction of sp³-hybridized carbons (Fsp3) is 0.562. The van der Waals surface area contributed by atoms with Crippen LogP contribution >= 0.6 is 0 Å². The molecule has 1 aromatic rings. The van der Waals surface area contributed by atoms with Crippen LogP contribution in [0.3, 0.4) is 0 Å². The van der Waals surface area contributed by atoms with E-state index in [1.807, 2.05) is 56.9 Å². The Bertz CT molecular complexity index is 436. The normalized spacial score (nSPS) is 14.1. The first-order chi connectivity index (χ1) is 9.34. The average Bonchev–Trinajstić information content (AvgIpc) is 2.44. The second-order valence-electron chi connectivity index (χ2n) is 5.56. The SMILES string of the molecule is CCC(C)(OC)C(=O)N(Cc1ccc(N)cc1)C(C)C. The molecule has 0 aromatic heterocycles. The van der Waals surface area contributed by atoms with E-state index in [1.54, 1.807) is 7.11 Å². The molecular weight excluding hydrogens is 252 g/mol. The summed E-state index contributed by atoms with van der Waals surface area (Å²) in [6.45, 7) is 8.40. The van der Waals surface area contributed by atoms with Gasteiger partial charge in [0.15, 0.2) is 0 Å². The predicted octanol–water partition coefficient (Wildman–Crippen LogP) is 2.82. The Morgan fingerprint density at radius 3 is 2.30 bits per heavy atom.